The van der Waals surface area contributed by atoms with Gasteiger partial charge in [-0.1, -0.05) is 109 Å². The van der Waals surface area contributed by atoms with E-state index in [0.717, 1.165) is 23.7 Å². The minimum Gasteiger partial charge on any atom is -0.309 e. The van der Waals surface area contributed by atoms with Gasteiger partial charge in [0.25, 0.3) is 0 Å². The van der Waals surface area contributed by atoms with Crippen molar-refractivity contribution < 1.29 is 0 Å². The van der Waals surface area contributed by atoms with Gasteiger partial charge < -0.3 is 9.47 Å². The quantitative estimate of drug-likeness (QED) is 0.191. The summed E-state index contributed by atoms with van der Waals surface area (Å²) >= 11 is 0. The van der Waals surface area contributed by atoms with Crippen LogP contribution in [0.5, 0.6) is 0 Å². The Bertz CT molecular complexity index is 2260. The van der Waals surface area contributed by atoms with Crippen LogP contribution in [0.1, 0.15) is 43.2 Å². The smallest absolute Gasteiger partial charge is 0.0541 e. The van der Waals surface area contributed by atoms with E-state index < -0.39 is 0 Å². The van der Waals surface area contributed by atoms with E-state index in [1.807, 2.05) is 0 Å². The van der Waals surface area contributed by atoms with Crippen LogP contribution in [0, 0.1) is 23.7 Å². The second kappa shape index (κ2) is 9.97. The maximum absolute atomic E-state index is 2.61. The van der Waals surface area contributed by atoms with Crippen molar-refractivity contribution in [2.75, 3.05) is 4.90 Å². The topological polar surface area (TPSA) is 8.17 Å². The molecule has 0 saturated heterocycles. The van der Waals surface area contributed by atoms with E-state index in [-0.39, 0.29) is 5.41 Å². The van der Waals surface area contributed by atoms with Crippen molar-refractivity contribution in [2.24, 2.45) is 23.7 Å². The Morgan fingerprint density at radius 1 is 0.396 bits per heavy atom. The average molecular weight is 619 g/mol. The highest BCUT2D eigenvalue weighted by atomic mass is 15.2. The van der Waals surface area contributed by atoms with E-state index in [2.05, 4.69) is 155 Å². The molecule has 0 N–H and O–H groups in total. The van der Waals surface area contributed by atoms with Gasteiger partial charge in [-0.25, -0.2) is 0 Å². The molecule has 0 atom stereocenters. The zero-order valence-corrected chi connectivity index (χ0v) is 27.1. The Labute approximate surface area is 282 Å². The van der Waals surface area contributed by atoms with Crippen molar-refractivity contribution in [3.05, 3.63) is 157 Å². The summed E-state index contributed by atoms with van der Waals surface area (Å²) in [5, 5.41) is 2.58. The Balaban J connectivity index is 1.16. The first kappa shape index (κ1) is 26.9. The number of nitrogens with zero attached hydrogens (tertiary/aromatic N) is 2. The van der Waals surface area contributed by atoms with Crippen LogP contribution in [0.15, 0.2) is 146 Å². The lowest BCUT2D eigenvalue weighted by atomic mass is 9.41. The van der Waals surface area contributed by atoms with Gasteiger partial charge in [-0.15, -0.1) is 0 Å². The van der Waals surface area contributed by atoms with Crippen molar-refractivity contribution in [3.63, 3.8) is 0 Å². The highest BCUT2D eigenvalue weighted by Crippen LogP contribution is 2.69. The van der Waals surface area contributed by atoms with Crippen LogP contribution >= 0.6 is 0 Å². The summed E-state index contributed by atoms with van der Waals surface area (Å²) < 4.78 is 2.47. The number of benzene rings is 6. The van der Waals surface area contributed by atoms with E-state index in [1.54, 1.807) is 11.1 Å². The fourth-order valence-corrected chi connectivity index (χ4v) is 11.4. The minimum absolute atomic E-state index is 0.104. The third-order valence-electron chi connectivity index (χ3n) is 12.8. The van der Waals surface area contributed by atoms with Crippen molar-refractivity contribution in [1.82, 2.24) is 4.57 Å². The van der Waals surface area contributed by atoms with Crippen LogP contribution in [0.2, 0.25) is 0 Å². The number of aromatic nitrogens is 1. The molecule has 7 aromatic rings. The average Bonchev–Trinajstić information content (AvgIpc) is 3.47. The monoisotopic (exact) mass is 618 g/mol. The van der Waals surface area contributed by atoms with Crippen molar-refractivity contribution in [2.45, 2.75) is 37.5 Å². The summed E-state index contributed by atoms with van der Waals surface area (Å²) in [4.78, 5) is 2.61. The molecule has 1 aromatic heterocycles. The van der Waals surface area contributed by atoms with Crippen LogP contribution in [0.3, 0.4) is 0 Å². The molecular weight excluding hydrogens is 581 g/mol. The van der Waals surface area contributed by atoms with E-state index >= 15 is 0 Å². The summed E-state index contributed by atoms with van der Waals surface area (Å²) in [6.07, 6.45) is 7.02. The largest absolute Gasteiger partial charge is 0.309 e. The summed E-state index contributed by atoms with van der Waals surface area (Å²) in [6, 6.07) is 54.7. The molecule has 4 aliphatic carbocycles. The normalized spacial score (nSPS) is 23.1. The number of para-hydroxylation sites is 6. The van der Waals surface area contributed by atoms with Gasteiger partial charge in [0.1, 0.15) is 0 Å². The lowest BCUT2D eigenvalue weighted by Gasteiger charge is -2.64. The fourth-order valence-electron chi connectivity index (χ4n) is 11.4. The first-order valence-electron chi connectivity index (χ1n) is 18.0. The zero-order chi connectivity index (χ0) is 31.4. The van der Waals surface area contributed by atoms with Gasteiger partial charge in [0, 0.05) is 27.3 Å². The van der Waals surface area contributed by atoms with Gasteiger partial charge in [-0.3, -0.25) is 0 Å². The molecule has 12 rings (SSSR count). The van der Waals surface area contributed by atoms with Crippen molar-refractivity contribution >= 4 is 38.9 Å². The second-order valence-corrected chi connectivity index (χ2v) is 14.9. The Morgan fingerprint density at radius 3 is 1.38 bits per heavy atom. The SMILES string of the molecule is c1ccc(N2c3ccccc3C3(c4ccccc42)C2CC4C[C@H](C2)C[C@H]3C4)c(-c2ccccc2-n2c3ccccc3c3ccccc32)c1. The van der Waals surface area contributed by atoms with Gasteiger partial charge >= 0.3 is 0 Å². The number of hydrogen-bond acceptors (Lipinski definition) is 1. The van der Waals surface area contributed by atoms with Crippen LogP contribution in [-0.2, 0) is 5.41 Å². The fraction of sp³-hybridized carbons (Fsp3) is 0.217. The predicted octanol–water partition coefficient (Wildman–Crippen LogP) is 12.0. The summed E-state index contributed by atoms with van der Waals surface area (Å²) in [5.74, 6) is 3.30. The van der Waals surface area contributed by atoms with Crippen molar-refractivity contribution in [1.29, 1.82) is 0 Å². The molecule has 232 valence electrons. The number of hydrogen-bond donors (Lipinski definition) is 0. The molecule has 6 aromatic carbocycles. The van der Waals surface area contributed by atoms with Gasteiger partial charge in [-0.2, -0.15) is 0 Å². The predicted molar refractivity (Wildman–Crippen MR) is 199 cm³/mol. The van der Waals surface area contributed by atoms with E-state index in [1.165, 1.54) is 87.8 Å². The molecule has 5 aliphatic rings. The Hall–Kier alpha value is -5.08. The molecule has 4 saturated carbocycles. The first-order valence-corrected chi connectivity index (χ1v) is 18.0. The molecule has 2 heteroatoms. The van der Waals surface area contributed by atoms with Gasteiger partial charge in [0.2, 0.25) is 0 Å². The second-order valence-electron chi connectivity index (χ2n) is 14.9. The molecule has 48 heavy (non-hydrogen) atoms. The van der Waals surface area contributed by atoms with Gasteiger partial charge in [-0.05, 0) is 103 Å². The van der Waals surface area contributed by atoms with Crippen molar-refractivity contribution in [3.8, 4) is 16.8 Å². The molecule has 0 unspecified atom stereocenters. The number of fused-ring (bicyclic) bond motifs is 5. The molecule has 1 aliphatic heterocycles. The maximum Gasteiger partial charge on any atom is 0.0541 e. The van der Waals surface area contributed by atoms with Crippen LogP contribution in [0.25, 0.3) is 38.6 Å². The highest BCUT2D eigenvalue weighted by molar-refractivity contribution is 6.10. The first-order chi connectivity index (χ1) is 23.8. The van der Waals surface area contributed by atoms with Gasteiger partial charge in [0.15, 0.2) is 0 Å². The summed E-state index contributed by atoms with van der Waals surface area (Å²) in [5.41, 5.74) is 13.4. The number of anilines is 3. The van der Waals surface area contributed by atoms with E-state index in [9.17, 15) is 0 Å². The van der Waals surface area contributed by atoms with Gasteiger partial charge in [0.05, 0.1) is 33.8 Å². The highest BCUT2D eigenvalue weighted by Gasteiger charge is 2.61. The molecule has 4 bridgehead atoms. The lowest BCUT2D eigenvalue weighted by molar-refractivity contribution is -0.0419. The summed E-state index contributed by atoms with van der Waals surface area (Å²) in [6.45, 7) is 0. The molecule has 4 fully saturated rings. The zero-order valence-electron chi connectivity index (χ0n) is 27.1. The molecule has 0 amide bonds. The standard InChI is InChI=1S/C46H38N2/c1-7-19-40-34(13-1)35-14-2-8-20-41(35)47(40)42-21-9-3-15-36(42)37-16-4-10-22-43(37)48-44-23-11-5-17-38(44)46(39-18-6-12-24-45(39)48)32-26-30-25-31(28-32)29-33(46)27-30/h1-24,30-33H,25-29H2/t30-,31?,32-,33?/m0/s1. The molecule has 2 nitrogen and oxygen atoms in total. The maximum atomic E-state index is 2.61. The lowest BCUT2D eigenvalue weighted by Crippen LogP contribution is -2.57. The van der Waals surface area contributed by atoms with Crippen LogP contribution in [-0.4, -0.2) is 4.57 Å². The third kappa shape index (κ3) is 3.48. The van der Waals surface area contributed by atoms with Crippen LogP contribution < -0.4 is 4.90 Å². The van der Waals surface area contributed by atoms with Crippen LogP contribution in [0.4, 0.5) is 17.1 Å². The van der Waals surface area contributed by atoms with E-state index in [0.29, 0.717) is 0 Å². The number of rotatable bonds is 3. The Morgan fingerprint density at radius 2 is 0.812 bits per heavy atom. The van der Waals surface area contributed by atoms with E-state index in [4.69, 9.17) is 0 Å². The minimum atomic E-state index is 0.104. The third-order valence-corrected chi connectivity index (χ3v) is 12.8. The molecule has 0 radical (unpaired) electrons. The summed E-state index contributed by atoms with van der Waals surface area (Å²) in [7, 11) is 0. The Kier molecular flexibility index (Phi) is 5.59. The molecule has 2 heterocycles. The molecule has 1 spiro atoms. The molecular formula is C46H38N2.